The maximum Gasteiger partial charge on any atom is 0.295 e. The summed E-state index contributed by atoms with van der Waals surface area (Å²) in [5.74, 6) is -0.960. The number of piperidine rings is 1. The highest BCUT2D eigenvalue weighted by molar-refractivity contribution is 6.44. The molecule has 1 aromatic carbocycles. The summed E-state index contributed by atoms with van der Waals surface area (Å²) in [6.07, 6.45) is 4.85. The van der Waals surface area contributed by atoms with Gasteiger partial charge in [0.05, 0.1) is 5.56 Å². The molecule has 2 aromatic rings. The maximum atomic E-state index is 13.1. The van der Waals surface area contributed by atoms with Crippen molar-refractivity contribution < 1.29 is 14.4 Å². The third kappa shape index (κ3) is 4.07. The van der Waals surface area contributed by atoms with E-state index >= 15 is 0 Å². The number of carbonyl (C=O) groups excluding carboxylic acids is 3. The van der Waals surface area contributed by atoms with Gasteiger partial charge in [-0.1, -0.05) is 18.2 Å². The Labute approximate surface area is 172 Å². The van der Waals surface area contributed by atoms with Gasteiger partial charge in [-0.25, -0.2) is 0 Å². The van der Waals surface area contributed by atoms with Gasteiger partial charge in [-0.2, -0.15) is 0 Å². The molecule has 0 saturated carbocycles. The number of rotatable bonds is 6. The summed E-state index contributed by atoms with van der Waals surface area (Å²) in [6.45, 7) is 9.06. The van der Waals surface area contributed by atoms with Crippen molar-refractivity contribution in [3.05, 3.63) is 36.0 Å². The summed E-state index contributed by atoms with van der Waals surface area (Å²) < 4.78 is 1.81. The molecule has 0 N–H and O–H groups in total. The molecule has 0 aliphatic carbocycles. The van der Waals surface area contributed by atoms with Crippen LogP contribution in [0.25, 0.3) is 10.9 Å². The average molecular weight is 398 g/mol. The van der Waals surface area contributed by atoms with Gasteiger partial charge in [0.1, 0.15) is 6.54 Å². The molecule has 3 rings (SSSR count). The quantitative estimate of drug-likeness (QED) is 0.554. The van der Waals surface area contributed by atoms with E-state index in [-0.39, 0.29) is 24.5 Å². The Morgan fingerprint density at radius 1 is 1.03 bits per heavy atom. The van der Waals surface area contributed by atoms with Crippen LogP contribution in [0.5, 0.6) is 0 Å². The number of nitrogens with zero attached hydrogens (tertiary/aromatic N) is 3. The first-order chi connectivity index (χ1) is 13.9. The van der Waals surface area contributed by atoms with E-state index in [2.05, 4.69) is 13.8 Å². The van der Waals surface area contributed by atoms with Gasteiger partial charge in [0.2, 0.25) is 5.91 Å². The van der Waals surface area contributed by atoms with E-state index in [1.165, 1.54) is 4.90 Å². The second-order valence-electron chi connectivity index (χ2n) is 7.92. The van der Waals surface area contributed by atoms with Crippen molar-refractivity contribution in [2.24, 2.45) is 0 Å². The lowest BCUT2D eigenvalue weighted by Gasteiger charge is -2.39. The lowest BCUT2D eigenvalue weighted by Crippen LogP contribution is -2.48. The molecule has 1 saturated heterocycles. The normalized spacial score (nSPS) is 19.4. The molecule has 1 fully saturated rings. The monoisotopic (exact) mass is 397 g/mol. The van der Waals surface area contributed by atoms with E-state index in [9.17, 15) is 14.4 Å². The minimum absolute atomic E-state index is 0.0551. The predicted octanol–water partition coefficient (Wildman–Crippen LogP) is 3.48. The highest BCUT2D eigenvalue weighted by atomic mass is 16.2. The second kappa shape index (κ2) is 8.80. The van der Waals surface area contributed by atoms with Crippen LogP contribution >= 0.6 is 0 Å². The first kappa shape index (κ1) is 21.1. The molecule has 2 atom stereocenters. The summed E-state index contributed by atoms with van der Waals surface area (Å²) in [5.41, 5.74) is 1.17. The molecule has 0 spiro atoms. The van der Waals surface area contributed by atoms with Crippen LogP contribution in [-0.4, -0.2) is 57.1 Å². The van der Waals surface area contributed by atoms with Gasteiger partial charge in [-0.15, -0.1) is 0 Å². The number of benzene rings is 1. The number of Topliss-reactive ketones (excluding diaryl/α,β-unsaturated/α-hetero) is 1. The lowest BCUT2D eigenvalue weighted by molar-refractivity contribution is -0.137. The van der Waals surface area contributed by atoms with Crippen molar-refractivity contribution in [2.45, 2.75) is 65.6 Å². The van der Waals surface area contributed by atoms with Gasteiger partial charge >= 0.3 is 0 Å². The summed E-state index contributed by atoms with van der Waals surface area (Å²) >= 11 is 0. The summed E-state index contributed by atoms with van der Waals surface area (Å²) in [7, 11) is 0. The van der Waals surface area contributed by atoms with Gasteiger partial charge < -0.3 is 14.4 Å². The van der Waals surface area contributed by atoms with Crippen LogP contribution in [0.1, 0.15) is 57.3 Å². The number of hydrogen-bond acceptors (Lipinski definition) is 3. The van der Waals surface area contributed by atoms with Crippen molar-refractivity contribution in [3.63, 3.8) is 0 Å². The number of hydrogen-bond donors (Lipinski definition) is 0. The minimum atomic E-state index is -0.518. The van der Waals surface area contributed by atoms with Gasteiger partial charge in [0.25, 0.3) is 11.7 Å². The third-order valence-electron chi connectivity index (χ3n) is 6.07. The molecule has 0 radical (unpaired) electrons. The molecule has 6 heteroatoms. The molecular weight excluding hydrogens is 366 g/mol. The Hall–Kier alpha value is -2.63. The maximum absolute atomic E-state index is 13.1. The van der Waals surface area contributed by atoms with Gasteiger partial charge in [-0.3, -0.25) is 14.4 Å². The zero-order valence-corrected chi connectivity index (χ0v) is 17.9. The second-order valence-corrected chi connectivity index (χ2v) is 7.92. The van der Waals surface area contributed by atoms with Crippen LogP contribution in [0.3, 0.4) is 0 Å². The van der Waals surface area contributed by atoms with Crippen molar-refractivity contribution in [1.82, 2.24) is 14.4 Å². The van der Waals surface area contributed by atoms with Crippen molar-refractivity contribution in [3.8, 4) is 0 Å². The Morgan fingerprint density at radius 3 is 2.28 bits per heavy atom. The molecule has 1 aromatic heterocycles. The fourth-order valence-electron chi connectivity index (χ4n) is 4.47. The van der Waals surface area contributed by atoms with Gasteiger partial charge in [-0.05, 0) is 53.0 Å². The van der Waals surface area contributed by atoms with Crippen LogP contribution in [0.4, 0.5) is 0 Å². The predicted molar refractivity (Wildman–Crippen MR) is 114 cm³/mol. The van der Waals surface area contributed by atoms with Crippen molar-refractivity contribution >= 4 is 28.5 Å². The van der Waals surface area contributed by atoms with Crippen molar-refractivity contribution in [2.75, 3.05) is 13.1 Å². The molecule has 156 valence electrons. The molecule has 2 heterocycles. The van der Waals surface area contributed by atoms with Crippen LogP contribution in [0, 0.1) is 0 Å². The number of aromatic nitrogens is 1. The molecule has 29 heavy (non-hydrogen) atoms. The van der Waals surface area contributed by atoms with Crippen LogP contribution < -0.4 is 0 Å². The zero-order valence-electron chi connectivity index (χ0n) is 17.9. The number of fused-ring (bicyclic) bond motifs is 1. The smallest absolute Gasteiger partial charge is 0.295 e. The fraction of sp³-hybridized carbons (Fsp3) is 0.522. The lowest BCUT2D eigenvalue weighted by atomic mass is 9.97. The molecular formula is C23H31N3O3. The van der Waals surface area contributed by atoms with E-state index in [4.69, 9.17) is 0 Å². The van der Waals surface area contributed by atoms with E-state index in [1.807, 2.05) is 47.6 Å². The first-order valence-electron chi connectivity index (χ1n) is 10.6. The minimum Gasteiger partial charge on any atom is -0.337 e. The number of carbonyl (C=O) groups is 3. The SMILES string of the molecule is CCN(CC)C(=O)C(=O)c1cn(CC(=O)N2[C@H](C)CCC[C@H]2C)c2ccccc12. The van der Waals surface area contributed by atoms with Crippen molar-refractivity contribution in [1.29, 1.82) is 0 Å². The topological polar surface area (TPSA) is 62.6 Å². The Bertz CT molecular complexity index is 903. The van der Waals surface area contributed by atoms with E-state index in [0.29, 0.717) is 24.0 Å². The zero-order chi connectivity index (χ0) is 21.1. The summed E-state index contributed by atoms with van der Waals surface area (Å²) in [5, 5.41) is 0.713. The van der Waals surface area contributed by atoms with Crippen LogP contribution in [-0.2, 0) is 16.1 Å². The number of ketones is 1. The summed E-state index contributed by atoms with van der Waals surface area (Å²) in [6, 6.07) is 7.91. The molecule has 2 amide bonds. The Morgan fingerprint density at radius 2 is 1.66 bits per heavy atom. The highest BCUT2D eigenvalue weighted by Gasteiger charge is 2.30. The van der Waals surface area contributed by atoms with Crippen LogP contribution in [0.2, 0.25) is 0 Å². The van der Waals surface area contributed by atoms with E-state index in [0.717, 1.165) is 24.8 Å². The molecule has 0 bridgehead atoms. The number of likely N-dealkylation sites (tertiary alicyclic amines) is 1. The Kier molecular flexibility index (Phi) is 6.40. The van der Waals surface area contributed by atoms with Crippen LogP contribution in [0.15, 0.2) is 30.5 Å². The first-order valence-corrected chi connectivity index (χ1v) is 10.6. The van der Waals surface area contributed by atoms with Gasteiger partial charge in [0.15, 0.2) is 0 Å². The standard InChI is InChI=1S/C23H31N3O3/c1-5-24(6-2)23(29)22(28)19-14-25(20-13-8-7-12-18(19)20)15-21(27)26-16(3)10-9-11-17(26)4/h7-8,12-14,16-17H,5-6,9-11,15H2,1-4H3/t16-,17-/m1/s1. The molecule has 6 nitrogen and oxygen atoms in total. The molecule has 1 aliphatic heterocycles. The number of likely N-dealkylation sites (N-methyl/N-ethyl adjacent to an activating group) is 1. The Balaban J connectivity index is 1.93. The van der Waals surface area contributed by atoms with E-state index in [1.54, 1.807) is 6.20 Å². The average Bonchev–Trinajstić information content (AvgIpc) is 3.06. The largest absolute Gasteiger partial charge is 0.337 e. The van der Waals surface area contributed by atoms with E-state index < -0.39 is 11.7 Å². The number of amides is 2. The summed E-state index contributed by atoms with van der Waals surface area (Å²) in [4.78, 5) is 42.1. The molecule has 1 aliphatic rings. The molecule has 0 unspecified atom stereocenters. The number of para-hydroxylation sites is 1. The van der Waals surface area contributed by atoms with Gasteiger partial charge in [0, 0.05) is 42.3 Å². The fourth-order valence-corrected chi connectivity index (χ4v) is 4.47. The highest BCUT2D eigenvalue weighted by Crippen LogP contribution is 2.26. The third-order valence-corrected chi connectivity index (χ3v) is 6.07.